The zero-order valence-electron chi connectivity index (χ0n) is 12.5. The number of guanidine groups is 1. The van der Waals surface area contributed by atoms with Gasteiger partial charge in [0.2, 0.25) is 0 Å². The first-order valence-corrected chi connectivity index (χ1v) is 8.21. The van der Waals surface area contributed by atoms with Gasteiger partial charge in [-0.2, -0.15) is 0 Å². The van der Waals surface area contributed by atoms with Gasteiger partial charge in [-0.3, -0.25) is 0 Å². The summed E-state index contributed by atoms with van der Waals surface area (Å²) >= 11 is 1.72. The molecule has 0 saturated heterocycles. The highest BCUT2D eigenvalue weighted by Crippen LogP contribution is 2.19. The van der Waals surface area contributed by atoms with Crippen molar-refractivity contribution in [3.05, 3.63) is 28.2 Å². The molecule has 110 valence electrons. The largest absolute Gasteiger partial charge is 0.357 e. The van der Waals surface area contributed by atoms with E-state index in [0.717, 1.165) is 31.0 Å². The van der Waals surface area contributed by atoms with Crippen LogP contribution in [-0.2, 0) is 6.54 Å². The molecular formula is C15H24N4S. The molecule has 0 radical (unpaired) electrons. The first-order chi connectivity index (χ1) is 9.69. The minimum Gasteiger partial charge on any atom is -0.357 e. The van der Waals surface area contributed by atoms with Gasteiger partial charge in [0.1, 0.15) is 0 Å². The third kappa shape index (κ3) is 4.34. The Labute approximate surface area is 125 Å². The summed E-state index contributed by atoms with van der Waals surface area (Å²) in [6, 6.07) is 0.481. The van der Waals surface area contributed by atoms with E-state index >= 15 is 0 Å². The average molecular weight is 292 g/mol. The molecule has 1 aromatic heterocycles. The van der Waals surface area contributed by atoms with Gasteiger partial charge in [0.05, 0.1) is 17.2 Å². The van der Waals surface area contributed by atoms with E-state index < -0.39 is 0 Å². The maximum absolute atomic E-state index is 4.63. The SMILES string of the molecule is CCNC(=NCc1csc(C(C)C)n1)NC1CC=CC1. The van der Waals surface area contributed by atoms with Crippen LogP contribution in [0.15, 0.2) is 22.5 Å². The molecule has 0 aliphatic heterocycles. The number of hydrogen-bond donors (Lipinski definition) is 2. The number of hydrogen-bond acceptors (Lipinski definition) is 3. The minimum atomic E-state index is 0.481. The highest BCUT2D eigenvalue weighted by atomic mass is 32.1. The molecule has 1 aliphatic rings. The van der Waals surface area contributed by atoms with Crippen molar-refractivity contribution in [2.45, 2.75) is 52.1 Å². The van der Waals surface area contributed by atoms with E-state index in [2.05, 4.69) is 58.9 Å². The standard InChI is InChI=1S/C15H24N4S/c1-4-16-15(19-12-7-5-6-8-12)17-9-13-10-20-14(18-13)11(2)3/h5-6,10-12H,4,7-9H2,1-3H3,(H2,16,17,19). The van der Waals surface area contributed by atoms with Crippen LogP contribution in [0.3, 0.4) is 0 Å². The Morgan fingerprint density at radius 3 is 2.80 bits per heavy atom. The second-order valence-electron chi connectivity index (χ2n) is 5.31. The van der Waals surface area contributed by atoms with Crippen LogP contribution in [0.25, 0.3) is 0 Å². The predicted octanol–water partition coefficient (Wildman–Crippen LogP) is 3.04. The molecule has 5 heteroatoms. The van der Waals surface area contributed by atoms with Crippen molar-refractivity contribution >= 4 is 17.3 Å². The number of aromatic nitrogens is 1. The Bertz CT molecular complexity index is 468. The van der Waals surface area contributed by atoms with Crippen LogP contribution in [0, 0.1) is 0 Å². The molecule has 1 aromatic rings. The van der Waals surface area contributed by atoms with Crippen LogP contribution >= 0.6 is 11.3 Å². The number of thiazole rings is 1. The molecule has 0 atom stereocenters. The highest BCUT2D eigenvalue weighted by molar-refractivity contribution is 7.09. The highest BCUT2D eigenvalue weighted by Gasteiger charge is 2.11. The van der Waals surface area contributed by atoms with Crippen molar-refractivity contribution in [2.75, 3.05) is 6.54 Å². The summed E-state index contributed by atoms with van der Waals surface area (Å²) in [5, 5.41) is 10.1. The zero-order valence-corrected chi connectivity index (χ0v) is 13.3. The Balaban J connectivity index is 1.93. The molecule has 2 rings (SSSR count). The van der Waals surface area contributed by atoms with Gasteiger partial charge in [0.15, 0.2) is 5.96 Å². The third-order valence-corrected chi connectivity index (χ3v) is 4.35. The Hall–Kier alpha value is -1.36. The number of nitrogens with one attached hydrogen (secondary N) is 2. The van der Waals surface area contributed by atoms with E-state index in [9.17, 15) is 0 Å². The van der Waals surface area contributed by atoms with E-state index in [1.807, 2.05) is 0 Å². The molecule has 0 aromatic carbocycles. The summed E-state index contributed by atoms with van der Waals surface area (Å²) in [6.07, 6.45) is 6.60. The number of aliphatic imine (C=N–C) groups is 1. The van der Waals surface area contributed by atoms with Crippen LogP contribution in [0.1, 0.15) is 50.2 Å². The van der Waals surface area contributed by atoms with Crippen LogP contribution < -0.4 is 10.6 Å². The second kappa shape index (κ2) is 7.43. The van der Waals surface area contributed by atoms with Crippen molar-refractivity contribution in [3.63, 3.8) is 0 Å². The van der Waals surface area contributed by atoms with Gasteiger partial charge in [-0.25, -0.2) is 9.98 Å². The molecule has 4 nitrogen and oxygen atoms in total. The van der Waals surface area contributed by atoms with Gasteiger partial charge in [-0.05, 0) is 19.8 Å². The van der Waals surface area contributed by atoms with E-state index in [-0.39, 0.29) is 0 Å². The van der Waals surface area contributed by atoms with Crippen molar-refractivity contribution in [1.29, 1.82) is 0 Å². The zero-order chi connectivity index (χ0) is 14.4. The lowest BCUT2D eigenvalue weighted by Gasteiger charge is -2.16. The van der Waals surface area contributed by atoms with Gasteiger partial charge in [-0.1, -0.05) is 26.0 Å². The molecule has 2 N–H and O–H groups in total. The van der Waals surface area contributed by atoms with Crippen LogP contribution in [0.5, 0.6) is 0 Å². The number of nitrogens with zero attached hydrogens (tertiary/aromatic N) is 2. The molecule has 0 fully saturated rings. The average Bonchev–Trinajstić information content (AvgIpc) is 3.07. The summed E-state index contributed by atoms with van der Waals surface area (Å²) in [4.78, 5) is 9.25. The monoisotopic (exact) mass is 292 g/mol. The molecule has 1 aliphatic carbocycles. The first kappa shape index (κ1) is 15.0. The molecule has 0 amide bonds. The van der Waals surface area contributed by atoms with E-state index in [1.54, 1.807) is 11.3 Å². The number of rotatable bonds is 5. The fraction of sp³-hybridized carbons (Fsp3) is 0.600. The van der Waals surface area contributed by atoms with E-state index in [1.165, 1.54) is 5.01 Å². The van der Waals surface area contributed by atoms with Crippen molar-refractivity contribution in [2.24, 2.45) is 4.99 Å². The molecule has 0 unspecified atom stereocenters. The Morgan fingerprint density at radius 1 is 1.45 bits per heavy atom. The van der Waals surface area contributed by atoms with Crippen molar-refractivity contribution in [3.8, 4) is 0 Å². The smallest absolute Gasteiger partial charge is 0.191 e. The fourth-order valence-electron chi connectivity index (χ4n) is 2.07. The second-order valence-corrected chi connectivity index (χ2v) is 6.20. The van der Waals surface area contributed by atoms with Crippen molar-refractivity contribution < 1.29 is 0 Å². The fourth-order valence-corrected chi connectivity index (χ4v) is 2.90. The normalized spacial score (nSPS) is 16.1. The maximum atomic E-state index is 4.63. The lowest BCUT2D eigenvalue weighted by Crippen LogP contribution is -2.42. The molecule has 1 heterocycles. The predicted molar refractivity (Wildman–Crippen MR) is 86.3 cm³/mol. The minimum absolute atomic E-state index is 0.481. The summed E-state index contributed by atoms with van der Waals surface area (Å²) in [5.74, 6) is 1.38. The summed E-state index contributed by atoms with van der Waals surface area (Å²) in [5.41, 5.74) is 1.06. The van der Waals surface area contributed by atoms with Crippen molar-refractivity contribution in [1.82, 2.24) is 15.6 Å². The lowest BCUT2D eigenvalue weighted by molar-refractivity contribution is 0.633. The van der Waals surface area contributed by atoms with E-state index in [4.69, 9.17) is 0 Å². The van der Waals surface area contributed by atoms with Gasteiger partial charge < -0.3 is 10.6 Å². The molecular weight excluding hydrogens is 268 g/mol. The van der Waals surface area contributed by atoms with Gasteiger partial charge in [0, 0.05) is 23.9 Å². The van der Waals surface area contributed by atoms with Crippen LogP contribution in [-0.4, -0.2) is 23.5 Å². The quantitative estimate of drug-likeness (QED) is 0.498. The van der Waals surface area contributed by atoms with Crippen LogP contribution in [0.4, 0.5) is 0 Å². The topological polar surface area (TPSA) is 49.3 Å². The molecule has 0 saturated carbocycles. The summed E-state index contributed by atoms with van der Waals surface area (Å²) in [6.45, 7) is 7.94. The van der Waals surface area contributed by atoms with Gasteiger partial charge in [-0.15, -0.1) is 11.3 Å². The summed E-state index contributed by atoms with van der Waals surface area (Å²) < 4.78 is 0. The Kier molecular flexibility index (Phi) is 5.59. The first-order valence-electron chi connectivity index (χ1n) is 7.33. The van der Waals surface area contributed by atoms with Crippen LogP contribution in [0.2, 0.25) is 0 Å². The van der Waals surface area contributed by atoms with E-state index in [0.29, 0.717) is 18.5 Å². The summed E-state index contributed by atoms with van der Waals surface area (Å²) in [7, 11) is 0. The molecule has 0 spiro atoms. The Morgan fingerprint density at radius 2 is 2.20 bits per heavy atom. The maximum Gasteiger partial charge on any atom is 0.191 e. The van der Waals surface area contributed by atoms with Gasteiger partial charge in [0.25, 0.3) is 0 Å². The lowest BCUT2D eigenvalue weighted by atomic mass is 10.2. The molecule has 0 bridgehead atoms. The van der Waals surface area contributed by atoms with Gasteiger partial charge >= 0.3 is 0 Å². The molecule has 20 heavy (non-hydrogen) atoms. The third-order valence-electron chi connectivity index (χ3n) is 3.16.